The lowest BCUT2D eigenvalue weighted by atomic mass is 10.0. The highest BCUT2D eigenvalue weighted by Gasteiger charge is 2.41. The zero-order chi connectivity index (χ0) is 11.1. The topological polar surface area (TPSA) is 64.8 Å². The molecule has 1 aliphatic heterocycles. The first-order chi connectivity index (χ1) is 6.97. The van der Waals surface area contributed by atoms with Crippen molar-refractivity contribution < 1.29 is 8.42 Å². The molecular formula is C8H12ClN3O2S. The third-order valence-corrected chi connectivity index (χ3v) is 4.86. The summed E-state index contributed by atoms with van der Waals surface area (Å²) in [5.41, 5.74) is -0.487. The summed E-state index contributed by atoms with van der Waals surface area (Å²) >= 11 is 5.71. The normalized spacial score (nSPS) is 29.5. The van der Waals surface area contributed by atoms with Crippen molar-refractivity contribution in [3.05, 3.63) is 12.2 Å². The van der Waals surface area contributed by atoms with Crippen LogP contribution in [0, 0.1) is 0 Å². The van der Waals surface area contributed by atoms with Gasteiger partial charge in [0.25, 0.3) is 0 Å². The fourth-order valence-electron chi connectivity index (χ4n) is 1.97. The maximum atomic E-state index is 11.4. The van der Waals surface area contributed by atoms with Crippen LogP contribution in [0.3, 0.4) is 0 Å². The molecule has 7 heteroatoms. The molecule has 15 heavy (non-hydrogen) atoms. The molecule has 1 unspecified atom stereocenters. The molecule has 0 amide bonds. The van der Waals surface area contributed by atoms with Crippen molar-refractivity contribution in [2.75, 3.05) is 11.5 Å². The van der Waals surface area contributed by atoms with E-state index in [9.17, 15) is 8.42 Å². The Morgan fingerprint density at radius 1 is 1.67 bits per heavy atom. The van der Waals surface area contributed by atoms with Crippen molar-refractivity contribution in [3.63, 3.8) is 0 Å². The molecule has 0 spiro atoms. The average molecular weight is 250 g/mol. The first-order valence-corrected chi connectivity index (χ1v) is 6.98. The summed E-state index contributed by atoms with van der Waals surface area (Å²) in [7, 11) is -2.94. The van der Waals surface area contributed by atoms with Crippen LogP contribution in [0.1, 0.15) is 19.2 Å². The van der Waals surface area contributed by atoms with E-state index in [1.807, 2.05) is 6.92 Å². The predicted octanol–water partition coefficient (Wildman–Crippen LogP) is 0.551. The summed E-state index contributed by atoms with van der Waals surface area (Å²) in [6, 6.07) is 0. The van der Waals surface area contributed by atoms with Crippen LogP contribution in [-0.2, 0) is 21.3 Å². The zero-order valence-corrected chi connectivity index (χ0v) is 9.92. The Bertz CT molecular complexity index is 470. The zero-order valence-electron chi connectivity index (χ0n) is 8.35. The van der Waals surface area contributed by atoms with Crippen molar-refractivity contribution in [2.45, 2.75) is 24.8 Å². The van der Waals surface area contributed by atoms with Gasteiger partial charge in [-0.25, -0.2) is 18.1 Å². The molecule has 1 aromatic rings. The summed E-state index contributed by atoms with van der Waals surface area (Å²) in [6.45, 7) is 1.88. The average Bonchev–Trinajstić information content (AvgIpc) is 2.71. The minimum atomic E-state index is -2.94. The molecular weight excluding hydrogens is 238 g/mol. The van der Waals surface area contributed by atoms with Crippen molar-refractivity contribution in [3.8, 4) is 0 Å². The van der Waals surface area contributed by atoms with Crippen LogP contribution >= 0.6 is 11.6 Å². The Balaban J connectivity index is 2.39. The second kappa shape index (κ2) is 3.45. The van der Waals surface area contributed by atoms with Gasteiger partial charge in [-0.05, 0) is 13.3 Å². The van der Waals surface area contributed by atoms with Gasteiger partial charge in [-0.1, -0.05) is 0 Å². The first kappa shape index (κ1) is 10.9. The van der Waals surface area contributed by atoms with E-state index in [4.69, 9.17) is 11.6 Å². The lowest BCUT2D eigenvalue weighted by molar-refractivity contribution is 0.319. The molecule has 1 atom stereocenters. The van der Waals surface area contributed by atoms with Gasteiger partial charge in [-0.3, -0.25) is 0 Å². The highest BCUT2D eigenvalue weighted by molar-refractivity contribution is 7.91. The predicted molar refractivity (Wildman–Crippen MR) is 56.5 cm³/mol. The van der Waals surface area contributed by atoms with E-state index in [0.717, 1.165) is 0 Å². The number of hydrogen-bond acceptors (Lipinski definition) is 4. The molecule has 1 aliphatic rings. The lowest BCUT2D eigenvalue weighted by Crippen LogP contribution is -2.33. The van der Waals surface area contributed by atoms with Crippen molar-refractivity contribution in [1.82, 2.24) is 14.8 Å². The van der Waals surface area contributed by atoms with Crippen molar-refractivity contribution in [2.24, 2.45) is 0 Å². The Hall–Kier alpha value is -0.620. The number of halogens is 1. The van der Waals surface area contributed by atoms with E-state index >= 15 is 0 Å². The standard InChI is InChI=1S/C8H12ClN3O2S/c1-8(2-3-15(13,14)5-8)12-7(4-9)10-6-11-12/h6H,2-5H2,1H3. The number of hydrogen-bond donors (Lipinski definition) is 0. The minimum absolute atomic E-state index is 0.118. The maximum absolute atomic E-state index is 11.4. The van der Waals surface area contributed by atoms with Crippen LogP contribution in [0.5, 0.6) is 0 Å². The summed E-state index contributed by atoms with van der Waals surface area (Å²) in [6.07, 6.45) is 1.98. The molecule has 1 fully saturated rings. The van der Waals surface area contributed by atoms with Gasteiger partial charge in [0, 0.05) is 0 Å². The van der Waals surface area contributed by atoms with Gasteiger partial charge < -0.3 is 0 Å². The Morgan fingerprint density at radius 3 is 2.93 bits per heavy atom. The molecule has 1 aromatic heterocycles. The monoisotopic (exact) mass is 249 g/mol. The van der Waals surface area contributed by atoms with Gasteiger partial charge in [0.05, 0.1) is 22.9 Å². The van der Waals surface area contributed by atoms with E-state index < -0.39 is 15.4 Å². The lowest BCUT2D eigenvalue weighted by Gasteiger charge is -2.23. The van der Waals surface area contributed by atoms with E-state index in [1.54, 1.807) is 4.68 Å². The summed E-state index contributed by atoms with van der Waals surface area (Å²) in [5, 5.41) is 4.06. The molecule has 0 bridgehead atoms. The fourth-order valence-corrected chi connectivity index (χ4v) is 4.26. The largest absolute Gasteiger partial charge is 0.242 e. The molecule has 0 aromatic carbocycles. The van der Waals surface area contributed by atoms with Crippen molar-refractivity contribution in [1.29, 1.82) is 0 Å². The van der Waals surface area contributed by atoms with Crippen LogP contribution < -0.4 is 0 Å². The SMILES string of the molecule is CC1(n2ncnc2CCl)CCS(=O)(=O)C1. The first-order valence-electron chi connectivity index (χ1n) is 4.63. The van der Waals surface area contributed by atoms with Crippen LogP contribution in [0.4, 0.5) is 0 Å². The molecule has 2 heterocycles. The summed E-state index contributed by atoms with van der Waals surface area (Å²) in [5.74, 6) is 1.20. The third kappa shape index (κ3) is 1.88. The smallest absolute Gasteiger partial charge is 0.152 e. The van der Waals surface area contributed by atoms with Gasteiger partial charge >= 0.3 is 0 Å². The molecule has 0 N–H and O–H groups in total. The fraction of sp³-hybridized carbons (Fsp3) is 0.750. The molecule has 84 valence electrons. The number of sulfone groups is 1. The highest BCUT2D eigenvalue weighted by atomic mass is 35.5. The Morgan fingerprint density at radius 2 is 2.40 bits per heavy atom. The quantitative estimate of drug-likeness (QED) is 0.718. The maximum Gasteiger partial charge on any atom is 0.152 e. The van der Waals surface area contributed by atoms with Crippen LogP contribution in [0.25, 0.3) is 0 Å². The van der Waals surface area contributed by atoms with Gasteiger partial charge in [0.2, 0.25) is 0 Å². The van der Waals surface area contributed by atoms with Gasteiger partial charge in [0.1, 0.15) is 12.2 Å². The molecule has 1 saturated heterocycles. The third-order valence-electron chi connectivity index (χ3n) is 2.73. The van der Waals surface area contributed by atoms with Crippen LogP contribution in [0.2, 0.25) is 0 Å². The Labute approximate surface area is 93.4 Å². The molecule has 5 nitrogen and oxygen atoms in total. The second-order valence-corrected chi connectivity index (χ2v) is 6.51. The van der Waals surface area contributed by atoms with E-state index in [0.29, 0.717) is 12.2 Å². The number of rotatable bonds is 2. The Kier molecular flexibility index (Phi) is 2.50. The number of aromatic nitrogens is 3. The molecule has 0 saturated carbocycles. The second-order valence-electron chi connectivity index (χ2n) is 4.06. The molecule has 0 radical (unpaired) electrons. The number of nitrogens with zero attached hydrogens (tertiary/aromatic N) is 3. The van der Waals surface area contributed by atoms with Crippen molar-refractivity contribution >= 4 is 21.4 Å². The summed E-state index contributed by atoms with van der Waals surface area (Å²) < 4.78 is 24.5. The molecule has 0 aliphatic carbocycles. The van der Waals surface area contributed by atoms with Crippen LogP contribution in [0.15, 0.2) is 6.33 Å². The van der Waals surface area contributed by atoms with E-state index in [1.165, 1.54) is 6.33 Å². The number of alkyl halides is 1. The van der Waals surface area contributed by atoms with Gasteiger partial charge in [-0.15, -0.1) is 11.6 Å². The highest BCUT2D eigenvalue weighted by Crippen LogP contribution is 2.30. The van der Waals surface area contributed by atoms with Gasteiger partial charge in [0.15, 0.2) is 9.84 Å². The van der Waals surface area contributed by atoms with E-state index in [2.05, 4.69) is 10.1 Å². The minimum Gasteiger partial charge on any atom is -0.242 e. The summed E-state index contributed by atoms with van der Waals surface area (Å²) in [4.78, 5) is 4.00. The van der Waals surface area contributed by atoms with Gasteiger partial charge in [-0.2, -0.15) is 5.10 Å². The van der Waals surface area contributed by atoms with Crippen LogP contribution in [-0.4, -0.2) is 34.7 Å². The van der Waals surface area contributed by atoms with E-state index in [-0.39, 0.29) is 17.4 Å². The molecule has 2 rings (SSSR count).